The van der Waals surface area contributed by atoms with Crippen molar-refractivity contribution in [3.05, 3.63) is 119 Å². The van der Waals surface area contributed by atoms with Crippen molar-refractivity contribution in [2.75, 3.05) is 6.54 Å². The summed E-state index contributed by atoms with van der Waals surface area (Å²) < 4.78 is 105. The van der Waals surface area contributed by atoms with Gasteiger partial charge in [-0.2, -0.15) is 17.5 Å². The average Bonchev–Trinajstić information content (AvgIpc) is 2.92. The molecule has 0 spiro atoms. The minimum absolute atomic E-state index is 0.0400. The minimum Gasteiger partial charge on any atom is -0.699 e. The fraction of sp³-hybridized carbons (Fsp3) is 0.172. The Morgan fingerprint density at radius 2 is 1.34 bits per heavy atom. The second-order valence-electron chi connectivity index (χ2n) is 9.01. The lowest BCUT2D eigenvalue weighted by molar-refractivity contribution is -0.275. The van der Waals surface area contributed by atoms with Crippen LogP contribution in [0.2, 0.25) is 0 Å². The van der Waals surface area contributed by atoms with Crippen LogP contribution >= 0.6 is 0 Å². The summed E-state index contributed by atoms with van der Waals surface area (Å²) in [5, 5.41) is 0. The number of rotatable bonds is 4. The number of hydrogen-bond donors (Lipinski definition) is 0. The molecule has 0 saturated carbocycles. The second-order valence-corrected chi connectivity index (χ2v) is 10.9. The van der Waals surface area contributed by atoms with E-state index in [-0.39, 0.29) is 13.1 Å². The minimum atomic E-state index is -4.98. The van der Waals surface area contributed by atoms with Gasteiger partial charge in [0.05, 0.1) is 5.56 Å². The van der Waals surface area contributed by atoms with Crippen molar-refractivity contribution in [3.63, 3.8) is 0 Å². The molecule has 1 aliphatic heterocycles. The molecule has 0 saturated heterocycles. The summed E-state index contributed by atoms with van der Waals surface area (Å²) in [6.07, 6.45) is -8.86. The molecule has 216 valence electrons. The van der Waals surface area contributed by atoms with Crippen LogP contribution in [0.4, 0.5) is 32.0 Å². The lowest BCUT2D eigenvalue weighted by Crippen LogP contribution is -2.36. The van der Waals surface area contributed by atoms with Crippen LogP contribution < -0.4 is 4.74 Å². The number of nitrogens with zero attached hydrogens (tertiary/aromatic N) is 1. The second kappa shape index (κ2) is 11.8. The Labute approximate surface area is 232 Å². The van der Waals surface area contributed by atoms with Crippen molar-refractivity contribution in [3.8, 4) is 16.9 Å². The van der Waals surface area contributed by atoms with Gasteiger partial charge < -0.3 is 10.5 Å². The molecule has 0 amide bonds. The molecule has 12 heteroatoms. The van der Waals surface area contributed by atoms with Crippen molar-refractivity contribution in [2.45, 2.75) is 30.4 Å². The molecule has 4 aromatic carbocycles. The fourth-order valence-corrected chi connectivity index (χ4v) is 5.76. The number of halogens is 6. The number of para-hydroxylation sites is 1. The molecule has 4 aromatic rings. The van der Waals surface area contributed by atoms with E-state index in [0.29, 0.717) is 12.1 Å². The molecule has 0 bridgehead atoms. The Bertz CT molecular complexity index is 1590. The predicted octanol–water partition coefficient (Wildman–Crippen LogP) is 8.39. The Hall–Kier alpha value is -4.03. The van der Waals surface area contributed by atoms with Gasteiger partial charge in [-0.3, -0.25) is 0 Å². The van der Waals surface area contributed by atoms with E-state index in [1.165, 1.54) is 24.3 Å². The van der Waals surface area contributed by atoms with Crippen molar-refractivity contribution < 1.29 is 39.5 Å². The average molecular weight is 594 g/mol. The molecule has 0 aromatic heterocycles. The molecule has 0 unspecified atom stereocenters. The lowest BCUT2D eigenvalue weighted by atomic mass is 10.0. The zero-order valence-electron chi connectivity index (χ0n) is 21.2. The Morgan fingerprint density at radius 1 is 0.732 bits per heavy atom. The van der Waals surface area contributed by atoms with Crippen LogP contribution in [0, 0.1) is 0 Å². The normalized spacial score (nSPS) is 14.0. The van der Waals surface area contributed by atoms with E-state index >= 15 is 0 Å². The van der Waals surface area contributed by atoms with Crippen molar-refractivity contribution >= 4 is 15.7 Å². The van der Waals surface area contributed by atoms with Gasteiger partial charge in [0, 0.05) is 13.1 Å². The number of hydrogen-bond acceptors (Lipinski definition) is 3. The number of alkyl halides is 6. The third kappa shape index (κ3) is 7.59. The molecule has 41 heavy (non-hydrogen) atoms. The molecule has 1 N–H and O–H groups in total. The highest BCUT2D eigenvalue weighted by Gasteiger charge is 2.36. The van der Waals surface area contributed by atoms with Crippen molar-refractivity contribution in [2.24, 2.45) is 0 Å². The van der Waals surface area contributed by atoms with E-state index in [1.807, 2.05) is 30.3 Å². The fourth-order valence-electron chi connectivity index (χ4n) is 4.23. The summed E-state index contributed by atoms with van der Waals surface area (Å²) in [5.74, 6) is -0.748. The van der Waals surface area contributed by atoms with Crippen LogP contribution in [-0.2, 0) is 29.2 Å². The zero-order chi connectivity index (χ0) is 29.8. The van der Waals surface area contributed by atoms with Gasteiger partial charge in [-0.15, -0.1) is 18.9 Å². The third-order valence-electron chi connectivity index (χ3n) is 6.20. The molecule has 0 radical (unpaired) electrons. The summed E-state index contributed by atoms with van der Waals surface area (Å²) >= 11 is 0. The first-order chi connectivity index (χ1) is 19.2. The molecule has 5 nitrogen and oxygen atoms in total. The van der Waals surface area contributed by atoms with Crippen LogP contribution in [0.15, 0.2) is 102 Å². The molecule has 0 fully saturated rings. The van der Waals surface area contributed by atoms with Gasteiger partial charge in [0.1, 0.15) is 10.6 Å². The van der Waals surface area contributed by atoms with Gasteiger partial charge >= 0.3 is 12.5 Å². The Balaban J connectivity index is 0.000000208. The third-order valence-corrected chi connectivity index (χ3v) is 8.08. The maximum atomic E-state index is 12.8. The monoisotopic (exact) mass is 593 g/mol. The number of benzene rings is 4. The van der Waals surface area contributed by atoms with E-state index in [1.54, 1.807) is 18.2 Å². The first-order valence-corrected chi connectivity index (χ1v) is 13.6. The van der Waals surface area contributed by atoms with Gasteiger partial charge in [-0.05, 0) is 52.9 Å². The molecule has 0 aliphatic carbocycles. The number of nitrogens with one attached hydrogen (secondary N) is 1. The lowest BCUT2D eigenvalue weighted by Gasteiger charge is -2.29. The van der Waals surface area contributed by atoms with Gasteiger partial charge in [-0.25, -0.2) is 8.42 Å². The number of sulfonamides is 1. The first-order valence-electron chi connectivity index (χ1n) is 12.1. The van der Waals surface area contributed by atoms with Crippen LogP contribution in [0.1, 0.15) is 16.7 Å². The Kier molecular flexibility index (Phi) is 8.64. The smallest absolute Gasteiger partial charge is 0.573 e. The zero-order valence-corrected chi connectivity index (χ0v) is 22.0. The maximum Gasteiger partial charge on any atom is 0.573 e. The van der Waals surface area contributed by atoms with Crippen LogP contribution in [0.3, 0.4) is 0 Å². The van der Waals surface area contributed by atoms with Gasteiger partial charge in [-0.1, -0.05) is 72.8 Å². The van der Waals surface area contributed by atoms with Crippen molar-refractivity contribution in [1.82, 2.24) is 4.31 Å². The highest BCUT2D eigenvalue weighted by molar-refractivity contribution is 7.89. The molecule has 0 atom stereocenters. The maximum absolute atomic E-state index is 12.8. The predicted molar refractivity (Wildman–Crippen MR) is 142 cm³/mol. The van der Waals surface area contributed by atoms with Crippen LogP contribution in [0.5, 0.6) is 5.75 Å². The molecule has 5 rings (SSSR count). The molecule has 1 aliphatic rings. The quantitative estimate of drug-likeness (QED) is 0.223. The van der Waals surface area contributed by atoms with Gasteiger partial charge in [0.2, 0.25) is 10.0 Å². The highest BCUT2D eigenvalue weighted by atomic mass is 32.2. The summed E-state index contributed by atoms with van der Waals surface area (Å²) in [6, 6.07) is 24.1. The summed E-state index contributed by atoms with van der Waals surface area (Å²) in [6.45, 7) is 0.164. The molecule has 1 heterocycles. The molecular formula is C29H23F6N2O3S-. The standard InChI is InChI=1S/C16H14F3N2O3S.C13H9F3/c17-16(18,19)24-14-3-1-2-4-15(14)25(22,23)21-8-7-11-9-13(20)6-5-12(11)10-21;14-13(15,16)12-8-6-11(7-9-12)10-4-2-1-3-5-10/h1-6,9,20H,7-8,10H2;1-9H/q-1;. The summed E-state index contributed by atoms with van der Waals surface area (Å²) in [5.41, 5.74) is 10.6. The van der Waals surface area contributed by atoms with E-state index in [4.69, 9.17) is 5.73 Å². The van der Waals surface area contributed by atoms with Crippen LogP contribution in [-0.4, -0.2) is 25.6 Å². The van der Waals surface area contributed by atoms with E-state index in [9.17, 15) is 34.8 Å². The highest BCUT2D eigenvalue weighted by Crippen LogP contribution is 2.34. The van der Waals surface area contributed by atoms with E-state index in [2.05, 4.69) is 4.74 Å². The summed E-state index contributed by atoms with van der Waals surface area (Å²) in [7, 11) is -4.16. The van der Waals surface area contributed by atoms with E-state index in [0.717, 1.165) is 50.8 Å². The van der Waals surface area contributed by atoms with Gasteiger partial charge in [0.25, 0.3) is 0 Å². The SMILES string of the molecule is FC(F)(F)c1ccc(-c2ccccc2)cc1.[NH-]c1ccc2c(c1)CCN(S(=O)(=O)c1ccccc1OC(F)(F)F)C2. The van der Waals surface area contributed by atoms with E-state index < -0.39 is 38.8 Å². The Morgan fingerprint density at radius 3 is 1.98 bits per heavy atom. The first kappa shape index (κ1) is 29.9. The summed E-state index contributed by atoms with van der Waals surface area (Å²) in [4.78, 5) is -0.520. The topological polar surface area (TPSA) is 70.4 Å². The number of ether oxygens (including phenoxy) is 1. The number of fused-ring (bicyclic) bond motifs is 1. The molecular weight excluding hydrogens is 570 g/mol. The van der Waals surface area contributed by atoms with Crippen molar-refractivity contribution in [1.29, 1.82) is 0 Å². The largest absolute Gasteiger partial charge is 0.699 e. The van der Waals surface area contributed by atoms with Gasteiger partial charge in [0.15, 0.2) is 0 Å². The van der Waals surface area contributed by atoms with Crippen LogP contribution in [0.25, 0.3) is 16.9 Å².